The summed E-state index contributed by atoms with van der Waals surface area (Å²) in [6.07, 6.45) is 3.38. The second-order valence-electron chi connectivity index (χ2n) is 5.32. The first-order valence-electron chi connectivity index (χ1n) is 6.64. The lowest BCUT2D eigenvalue weighted by atomic mass is 10.4. The van der Waals surface area contributed by atoms with Crippen LogP contribution in [0.1, 0.15) is 17.7 Å². The van der Waals surface area contributed by atoms with Crippen LogP contribution < -0.4 is 5.32 Å². The van der Waals surface area contributed by atoms with E-state index in [1.807, 2.05) is 0 Å². The Labute approximate surface area is 130 Å². The van der Waals surface area contributed by atoms with Gasteiger partial charge in [0.05, 0.1) is 10.6 Å². The molecule has 0 bridgehead atoms. The van der Waals surface area contributed by atoms with Crippen molar-refractivity contribution >= 4 is 31.2 Å². The van der Waals surface area contributed by atoms with Crippen LogP contribution in [0.2, 0.25) is 0 Å². The van der Waals surface area contributed by atoms with Crippen molar-refractivity contribution in [1.82, 2.24) is 9.62 Å². The van der Waals surface area contributed by atoms with Crippen molar-refractivity contribution in [2.75, 3.05) is 25.6 Å². The van der Waals surface area contributed by atoms with Crippen LogP contribution in [0.25, 0.3) is 0 Å². The van der Waals surface area contributed by atoms with E-state index in [1.54, 1.807) is 11.4 Å². The summed E-state index contributed by atoms with van der Waals surface area (Å²) in [4.78, 5) is 1.05. The predicted octanol–water partition coefficient (Wildman–Crippen LogP) is 0.665. The zero-order valence-corrected chi connectivity index (χ0v) is 14.5. The van der Waals surface area contributed by atoms with E-state index in [0.717, 1.165) is 28.3 Å². The van der Waals surface area contributed by atoms with E-state index in [0.29, 0.717) is 12.6 Å². The summed E-state index contributed by atoms with van der Waals surface area (Å²) < 4.78 is 48.5. The summed E-state index contributed by atoms with van der Waals surface area (Å²) in [6, 6.07) is 2.09. The second-order valence-corrected chi connectivity index (χ2v) is 10.6. The van der Waals surface area contributed by atoms with Crippen molar-refractivity contribution < 1.29 is 16.8 Å². The molecule has 1 fully saturated rings. The molecule has 0 aromatic carbocycles. The highest BCUT2D eigenvalue weighted by Crippen LogP contribution is 2.26. The number of nitrogens with zero attached hydrogens (tertiary/aromatic N) is 1. The third kappa shape index (κ3) is 4.75. The highest BCUT2D eigenvalue weighted by Gasteiger charge is 2.27. The molecule has 6 nitrogen and oxygen atoms in total. The van der Waals surface area contributed by atoms with E-state index in [-0.39, 0.29) is 17.2 Å². The Balaban J connectivity index is 2.09. The maximum Gasteiger partial charge on any atom is 0.244 e. The van der Waals surface area contributed by atoms with Gasteiger partial charge in [0.25, 0.3) is 0 Å². The molecule has 0 radical (unpaired) electrons. The molecule has 1 saturated carbocycles. The largest absolute Gasteiger partial charge is 0.309 e. The molecule has 0 atom stereocenters. The Kier molecular flexibility index (Phi) is 5.09. The van der Waals surface area contributed by atoms with Gasteiger partial charge in [0, 0.05) is 37.3 Å². The van der Waals surface area contributed by atoms with Gasteiger partial charge in [-0.2, -0.15) is 4.31 Å². The third-order valence-electron chi connectivity index (χ3n) is 3.30. The molecule has 0 unspecified atom stereocenters. The van der Waals surface area contributed by atoms with Gasteiger partial charge >= 0.3 is 0 Å². The van der Waals surface area contributed by atoms with Gasteiger partial charge in [0.15, 0.2) is 0 Å². The number of rotatable bonds is 8. The minimum atomic E-state index is -3.64. The quantitative estimate of drug-likeness (QED) is 0.743. The van der Waals surface area contributed by atoms with E-state index in [4.69, 9.17) is 0 Å². The fraction of sp³-hybridized carbons (Fsp3) is 0.667. The molecule has 1 aromatic heterocycles. The molecule has 1 N–H and O–H groups in total. The van der Waals surface area contributed by atoms with E-state index < -0.39 is 19.9 Å². The van der Waals surface area contributed by atoms with Gasteiger partial charge in [0.1, 0.15) is 9.84 Å². The SMILES string of the molecule is CN(CCS(C)(=O)=O)S(=O)(=O)c1ccsc1CNC1CC1. The van der Waals surface area contributed by atoms with Crippen LogP contribution in [0.15, 0.2) is 16.3 Å². The molecule has 0 amide bonds. The molecule has 0 spiro atoms. The van der Waals surface area contributed by atoms with Crippen molar-refractivity contribution in [2.24, 2.45) is 0 Å². The van der Waals surface area contributed by atoms with Crippen molar-refractivity contribution in [1.29, 1.82) is 0 Å². The lowest BCUT2D eigenvalue weighted by Gasteiger charge is -2.17. The molecule has 1 heterocycles. The van der Waals surface area contributed by atoms with Crippen LogP contribution in [0, 0.1) is 0 Å². The molecule has 9 heteroatoms. The summed E-state index contributed by atoms with van der Waals surface area (Å²) in [7, 11) is -5.41. The van der Waals surface area contributed by atoms with Crippen LogP contribution >= 0.6 is 11.3 Å². The molecular formula is C12H20N2O4S3. The van der Waals surface area contributed by atoms with Crippen LogP contribution in [0.5, 0.6) is 0 Å². The highest BCUT2D eigenvalue weighted by atomic mass is 32.2. The molecule has 0 saturated heterocycles. The van der Waals surface area contributed by atoms with Crippen LogP contribution in [-0.2, 0) is 26.4 Å². The summed E-state index contributed by atoms with van der Waals surface area (Å²) in [5.41, 5.74) is 0. The van der Waals surface area contributed by atoms with Gasteiger partial charge in [-0.3, -0.25) is 0 Å². The zero-order chi connectivity index (χ0) is 15.7. The number of hydrogen-bond donors (Lipinski definition) is 1. The van der Waals surface area contributed by atoms with Crippen LogP contribution in [0.4, 0.5) is 0 Å². The van der Waals surface area contributed by atoms with E-state index >= 15 is 0 Å². The standard InChI is InChI=1S/C12H20N2O4S3/c1-14(6-8-20(2,15)16)21(17,18)12-5-7-19-11(12)9-13-10-3-4-10/h5,7,10,13H,3-4,6,8-9H2,1-2H3. The van der Waals surface area contributed by atoms with E-state index in [1.165, 1.54) is 18.4 Å². The maximum atomic E-state index is 12.5. The van der Waals surface area contributed by atoms with Gasteiger partial charge in [-0.25, -0.2) is 16.8 Å². The normalized spacial score (nSPS) is 16.5. The first-order chi connectivity index (χ1) is 9.70. The first-order valence-corrected chi connectivity index (χ1v) is 11.0. The fourth-order valence-corrected chi connectivity index (χ4v) is 5.05. The zero-order valence-electron chi connectivity index (χ0n) is 12.1. The lowest BCUT2D eigenvalue weighted by molar-refractivity contribution is 0.484. The average Bonchev–Trinajstić information content (AvgIpc) is 3.08. The van der Waals surface area contributed by atoms with E-state index in [2.05, 4.69) is 5.32 Å². The molecule has 2 rings (SSSR count). The van der Waals surface area contributed by atoms with Crippen LogP contribution in [-0.4, -0.2) is 52.8 Å². The van der Waals surface area contributed by atoms with Crippen LogP contribution in [0.3, 0.4) is 0 Å². The smallest absolute Gasteiger partial charge is 0.244 e. The van der Waals surface area contributed by atoms with Crippen molar-refractivity contribution in [3.8, 4) is 0 Å². The molecule has 21 heavy (non-hydrogen) atoms. The Morgan fingerprint density at radius 3 is 2.57 bits per heavy atom. The maximum absolute atomic E-state index is 12.5. The lowest BCUT2D eigenvalue weighted by Crippen LogP contribution is -2.32. The highest BCUT2D eigenvalue weighted by molar-refractivity contribution is 7.91. The summed E-state index contributed by atoms with van der Waals surface area (Å²) in [5, 5.41) is 5.05. The summed E-state index contributed by atoms with van der Waals surface area (Å²) in [6.45, 7) is 0.503. The minimum absolute atomic E-state index is 0.0352. The Bertz CT molecular complexity index is 690. The molecule has 1 aromatic rings. The van der Waals surface area contributed by atoms with Gasteiger partial charge in [-0.15, -0.1) is 11.3 Å². The van der Waals surface area contributed by atoms with Crippen molar-refractivity contribution in [3.05, 3.63) is 16.3 Å². The van der Waals surface area contributed by atoms with Gasteiger partial charge in [-0.05, 0) is 24.3 Å². The van der Waals surface area contributed by atoms with E-state index in [9.17, 15) is 16.8 Å². The minimum Gasteiger partial charge on any atom is -0.309 e. The van der Waals surface area contributed by atoms with Gasteiger partial charge in [-0.1, -0.05) is 0 Å². The molecule has 1 aliphatic carbocycles. The first kappa shape index (κ1) is 16.9. The summed E-state index contributed by atoms with van der Waals surface area (Å²) in [5.74, 6) is -0.178. The third-order valence-corrected chi connectivity index (χ3v) is 7.21. The average molecular weight is 353 g/mol. The monoisotopic (exact) mass is 352 g/mol. The number of hydrogen-bond acceptors (Lipinski definition) is 6. The Morgan fingerprint density at radius 2 is 2.00 bits per heavy atom. The number of thiophene rings is 1. The van der Waals surface area contributed by atoms with Gasteiger partial charge in [0.2, 0.25) is 10.0 Å². The van der Waals surface area contributed by atoms with Gasteiger partial charge < -0.3 is 5.32 Å². The molecule has 1 aliphatic rings. The topological polar surface area (TPSA) is 83.6 Å². The Hall–Kier alpha value is -0.480. The number of sulfonamides is 1. The predicted molar refractivity (Wildman–Crippen MR) is 83.7 cm³/mol. The fourth-order valence-electron chi connectivity index (χ4n) is 1.79. The van der Waals surface area contributed by atoms with Crippen molar-refractivity contribution in [2.45, 2.75) is 30.3 Å². The molecule has 0 aliphatic heterocycles. The molecule has 120 valence electrons. The number of nitrogens with one attached hydrogen (secondary N) is 1. The van der Waals surface area contributed by atoms with Crippen molar-refractivity contribution in [3.63, 3.8) is 0 Å². The summed E-state index contributed by atoms with van der Waals surface area (Å²) >= 11 is 1.40. The molecular weight excluding hydrogens is 332 g/mol. The Morgan fingerprint density at radius 1 is 1.33 bits per heavy atom. The number of sulfone groups is 1. The second kappa shape index (κ2) is 6.33.